The summed E-state index contributed by atoms with van der Waals surface area (Å²) in [7, 11) is 0. The summed E-state index contributed by atoms with van der Waals surface area (Å²) in [6, 6.07) is 22.3. The van der Waals surface area contributed by atoms with Crippen LogP contribution in [0.5, 0.6) is 5.75 Å². The van der Waals surface area contributed by atoms with Gasteiger partial charge in [-0.2, -0.15) is 0 Å². The van der Waals surface area contributed by atoms with Crippen molar-refractivity contribution in [3.63, 3.8) is 0 Å². The van der Waals surface area contributed by atoms with Gasteiger partial charge in [0.2, 0.25) is 0 Å². The molecule has 3 aromatic rings. The fourth-order valence-corrected chi connectivity index (χ4v) is 3.18. The van der Waals surface area contributed by atoms with Crippen LogP contribution < -0.4 is 15.4 Å². The predicted molar refractivity (Wildman–Crippen MR) is 125 cm³/mol. The summed E-state index contributed by atoms with van der Waals surface area (Å²) >= 11 is 0. The van der Waals surface area contributed by atoms with Crippen LogP contribution >= 0.6 is 0 Å². The normalized spacial score (nSPS) is 11.5. The van der Waals surface area contributed by atoms with Crippen LogP contribution in [0.15, 0.2) is 72.8 Å². The van der Waals surface area contributed by atoms with Crippen LogP contribution in [0.2, 0.25) is 0 Å². The second kappa shape index (κ2) is 10.4. The molecule has 2 amide bonds. The van der Waals surface area contributed by atoms with Gasteiger partial charge in [0, 0.05) is 16.9 Å². The van der Waals surface area contributed by atoms with E-state index in [1.54, 1.807) is 30.3 Å². The molecule has 0 bridgehead atoms. The van der Waals surface area contributed by atoms with Crippen molar-refractivity contribution in [2.45, 2.75) is 33.1 Å². The van der Waals surface area contributed by atoms with Crippen molar-refractivity contribution in [1.82, 2.24) is 0 Å². The van der Waals surface area contributed by atoms with Crippen LogP contribution in [-0.4, -0.2) is 18.4 Å². The highest BCUT2D eigenvalue weighted by Gasteiger charge is 2.10. The first-order valence-corrected chi connectivity index (χ1v) is 10.5. The Morgan fingerprint density at radius 2 is 1.58 bits per heavy atom. The van der Waals surface area contributed by atoms with Crippen molar-refractivity contribution in [1.29, 1.82) is 0 Å². The van der Waals surface area contributed by atoms with Gasteiger partial charge in [0.15, 0.2) is 6.61 Å². The molecule has 1 unspecified atom stereocenters. The van der Waals surface area contributed by atoms with Crippen LogP contribution in [0, 0.1) is 6.92 Å². The van der Waals surface area contributed by atoms with E-state index in [0.717, 1.165) is 12.0 Å². The number of carbonyl (C=O) groups excluding carboxylic acids is 2. The lowest BCUT2D eigenvalue weighted by Crippen LogP contribution is -2.20. The molecule has 5 nitrogen and oxygen atoms in total. The van der Waals surface area contributed by atoms with Gasteiger partial charge in [-0.25, -0.2) is 0 Å². The number of hydrogen-bond donors (Lipinski definition) is 2. The molecular weight excluding hydrogens is 388 g/mol. The lowest BCUT2D eigenvalue weighted by atomic mass is 9.99. The number of aryl methyl sites for hydroxylation is 1. The standard InChI is InChI=1S/C26H28N2O3/c1-4-18(2)20-12-14-23(15-13-20)31-17-25(29)27-21-9-7-10-22(16-21)28-26(30)24-11-6-5-8-19(24)3/h5-16,18H,4,17H2,1-3H3,(H,27,29)(H,28,30). The van der Waals surface area contributed by atoms with E-state index in [4.69, 9.17) is 4.74 Å². The summed E-state index contributed by atoms with van der Waals surface area (Å²) in [5.41, 5.74) is 3.96. The summed E-state index contributed by atoms with van der Waals surface area (Å²) in [5.74, 6) is 0.691. The summed E-state index contributed by atoms with van der Waals surface area (Å²) in [5, 5.41) is 5.67. The van der Waals surface area contributed by atoms with Gasteiger partial charge in [-0.3, -0.25) is 9.59 Å². The van der Waals surface area contributed by atoms with E-state index < -0.39 is 0 Å². The smallest absolute Gasteiger partial charge is 0.262 e. The van der Waals surface area contributed by atoms with Crippen molar-refractivity contribution >= 4 is 23.2 Å². The van der Waals surface area contributed by atoms with Crippen LogP contribution in [0.4, 0.5) is 11.4 Å². The summed E-state index contributed by atoms with van der Waals surface area (Å²) in [6.07, 6.45) is 1.08. The largest absolute Gasteiger partial charge is 0.484 e. The number of carbonyl (C=O) groups is 2. The zero-order valence-electron chi connectivity index (χ0n) is 18.1. The van der Waals surface area contributed by atoms with Gasteiger partial charge in [-0.15, -0.1) is 0 Å². The van der Waals surface area contributed by atoms with Crippen LogP contribution in [0.1, 0.15) is 47.7 Å². The van der Waals surface area contributed by atoms with Crippen molar-refractivity contribution in [2.24, 2.45) is 0 Å². The maximum atomic E-state index is 12.5. The first-order chi connectivity index (χ1) is 15.0. The molecule has 160 valence electrons. The zero-order chi connectivity index (χ0) is 22.2. The molecule has 0 aromatic heterocycles. The minimum absolute atomic E-state index is 0.0948. The number of rotatable bonds is 8. The van der Waals surface area contributed by atoms with Crippen LogP contribution in [-0.2, 0) is 4.79 Å². The minimum atomic E-state index is -0.270. The van der Waals surface area contributed by atoms with Gasteiger partial charge in [0.25, 0.3) is 11.8 Å². The molecule has 0 saturated carbocycles. The Bertz CT molecular complexity index is 1040. The molecule has 2 N–H and O–H groups in total. The molecule has 3 rings (SSSR count). The van der Waals surface area contributed by atoms with E-state index in [2.05, 4.69) is 24.5 Å². The third kappa shape index (κ3) is 6.19. The van der Waals surface area contributed by atoms with Gasteiger partial charge in [-0.1, -0.05) is 50.2 Å². The highest BCUT2D eigenvalue weighted by atomic mass is 16.5. The number of anilines is 2. The van der Waals surface area contributed by atoms with Gasteiger partial charge in [0.1, 0.15) is 5.75 Å². The van der Waals surface area contributed by atoms with E-state index in [-0.39, 0.29) is 18.4 Å². The average molecular weight is 417 g/mol. The van der Waals surface area contributed by atoms with Crippen molar-refractivity contribution in [3.8, 4) is 5.75 Å². The Labute approximate surface area is 183 Å². The molecule has 3 aromatic carbocycles. The van der Waals surface area contributed by atoms with E-state index in [1.807, 2.05) is 49.4 Å². The summed E-state index contributed by atoms with van der Waals surface area (Å²) < 4.78 is 5.59. The maximum absolute atomic E-state index is 12.5. The average Bonchev–Trinajstić information content (AvgIpc) is 2.78. The van der Waals surface area contributed by atoms with Crippen molar-refractivity contribution < 1.29 is 14.3 Å². The highest BCUT2D eigenvalue weighted by Crippen LogP contribution is 2.22. The number of hydrogen-bond acceptors (Lipinski definition) is 3. The molecule has 5 heteroatoms. The molecule has 1 atom stereocenters. The van der Waals surface area contributed by atoms with Crippen LogP contribution in [0.25, 0.3) is 0 Å². The summed E-state index contributed by atoms with van der Waals surface area (Å²) in [6.45, 7) is 6.13. The first-order valence-electron chi connectivity index (χ1n) is 10.5. The van der Waals surface area contributed by atoms with E-state index in [1.165, 1.54) is 5.56 Å². The van der Waals surface area contributed by atoms with E-state index in [0.29, 0.717) is 28.6 Å². The summed E-state index contributed by atoms with van der Waals surface area (Å²) in [4.78, 5) is 24.8. The molecular formula is C26H28N2O3. The van der Waals surface area contributed by atoms with Gasteiger partial charge < -0.3 is 15.4 Å². The molecule has 0 saturated heterocycles. The molecule has 0 spiro atoms. The van der Waals surface area contributed by atoms with Gasteiger partial charge >= 0.3 is 0 Å². The molecule has 0 heterocycles. The lowest BCUT2D eigenvalue weighted by molar-refractivity contribution is -0.118. The van der Waals surface area contributed by atoms with Crippen molar-refractivity contribution in [2.75, 3.05) is 17.2 Å². The van der Waals surface area contributed by atoms with Gasteiger partial charge in [-0.05, 0) is 66.8 Å². The Hall–Kier alpha value is -3.60. The maximum Gasteiger partial charge on any atom is 0.262 e. The Morgan fingerprint density at radius 3 is 2.26 bits per heavy atom. The quantitative estimate of drug-likeness (QED) is 0.489. The zero-order valence-corrected chi connectivity index (χ0v) is 18.1. The highest BCUT2D eigenvalue weighted by molar-refractivity contribution is 6.05. The second-order valence-electron chi connectivity index (χ2n) is 7.57. The van der Waals surface area contributed by atoms with Crippen molar-refractivity contribution in [3.05, 3.63) is 89.5 Å². The minimum Gasteiger partial charge on any atom is -0.484 e. The number of benzene rings is 3. The topological polar surface area (TPSA) is 67.4 Å². The third-order valence-electron chi connectivity index (χ3n) is 5.23. The second-order valence-corrected chi connectivity index (χ2v) is 7.57. The Balaban J connectivity index is 1.55. The molecule has 31 heavy (non-hydrogen) atoms. The third-order valence-corrected chi connectivity index (χ3v) is 5.23. The van der Waals surface area contributed by atoms with Gasteiger partial charge in [0.05, 0.1) is 0 Å². The molecule has 0 radical (unpaired) electrons. The number of amides is 2. The number of ether oxygens (including phenoxy) is 1. The monoisotopic (exact) mass is 416 g/mol. The van der Waals surface area contributed by atoms with Crippen LogP contribution in [0.3, 0.4) is 0 Å². The fraction of sp³-hybridized carbons (Fsp3) is 0.231. The number of nitrogens with one attached hydrogen (secondary N) is 2. The Morgan fingerprint density at radius 1 is 0.903 bits per heavy atom. The molecule has 0 aliphatic carbocycles. The predicted octanol–water partition coefficient (Wildman–Crippen LogP) is 5.78. The van der Waals surface area contributed by atoms with E-state index >= 15 is 0 Å². The lowest BCUT2D eigenvalue weighted by Gasteiger charge is -2.12. The fourth-order valence-electron chi connectivity index (χ4n) is 3.18. The Kier molecular flexibility index (Phi) is 7.44. The van der Waals surface area contributed by atoms with E-state index in [9.17, 15) is 9.59 Å². The molecule has 0 fully saturated rings. The molecule has 0 aliphatic heterocycles. The SMILES string of the molecule is CCC(C)c1ccc(OCC(=O)Nc2cccc(NC(=O)c3ccccc3C)c2)cc1. The molecule has 0 aliphatic rings. The first kappa shape index (κ1) is 22.1.